The van der Waals surface area contributed by atoms with Gasteiger partial charge in [-0.15, -0.1) is 5.10 Å². The van der Waals surface area contributed by atoms with E-state index in [1.165, 1.54) is 0 Å². The molecule has 9 nitrogen and oxygen atoms in total. The van der Waals surface area contributed by atoms with Gasteiger partial charge >= 0.3 is 5.76 Å². The second-order valence-corrected chi connectivity index (χ2v) is 6.33. The van der Waals surface area contributed by atoms with Gasteiger partial charge in [0.25, 0.3) is 0 Å². The van der Waals surface area contributed by atoms with E-state index in [9.17, 15) is 9.59 Å². The van der Waals surface area contributed by atoms with Gasteiger partial charge in [0.15, 0.2) is 11.4 Å². The molecule has 0 aliphatic carbocycles. The average molecular weight is 378 g/mol. The van der Waals surface area contributed by atoms with Crippen LogP contribution in [-0.2, 0) is 11.3 Å². The Bertz CT molecular complexity index is 1190. The van der Waals surface area contributed by atoms with Crippen molar-refractivity contribution < 1.29 is 9.21 Å². The largest absolute Gasteiger partial charge is 0.419 e. The zero-order chi connectivity index (χ0) is 19.5. The van der Waals surface area contributed by atoms with Crippen LogP contribution in [0.4, 0.5) is 5.69 Å². The van der Waals surface area contributed by atoms with E-state index in [1.807, 2.05) is 30.3 Å². The fourth-order valence-corrected chi connectivity index (χ4v) is 3.03. The molecule has 9 heteroatoms. The number of fused-ring (bicyclic) bond motifs is 1. The standard InChI is InChI=1S/C19H18N6O3/c1-13-21-22-23-25(13)15-7-4-6-14(12-15)20-18(26)10-5-11-24-16-8-2-3-9-17(16)28-19(24)27/h2-4,6-9,12H,5,10-11H2,1H3,(H,20,26). The zero-order valence-corrected chi connectivity index (χ0v) is 15.2. The molecule has 2 aromatic carbocycles. The van der Waals surface area contributed by atoms with Crippen molar-refractivity contribution in [2.75, 3.05) is 5.32 Å². The van der Waals surface area contributed by atoms with Gasteiger partial charge in [0.05, 0.1) is 11.2 Å². The van der Waals surface area contributed by atoms with E-state index >= 15 is 0 Å². The van der Waals surface area contributed by atoms with Gasteiger partial charge in [-0.25, -0.2) is 4.79 Å². The first kappa shape index (κ1) is 17.7. The molecule has 0 spiro atoms. The molecule has 0 saturated carbocycles. The number of aryl methyl sites for hydroxylation is 2. The van der Waals surface area contributed by atoms with Crippen LogP contribution in [0.25, 0.3) is 16.8 Å². The summed E-state index contributed by atoms with van der Waals surface area (Å²) < 4.78 is 8.33. The van der Waals surface area contributed by atoms with Gasteiger partial charge < -0.3 is 9.73 Å². The molecule has 4 rings (SSSR count). The molecule has 1 amide bonds. The third kappa shape index (κ3) is 3.54. The molecule has 0 aliphatic heterocycles. The van der Waals surface area contributed by atoms with Gasteiger partial charge in [-0.2, -0.15) is 4.68 Å². The number of hydrogen-bond donors (Lipinski definition) is 1. The lowest BCUT2D eigenvalue weighted by atomic mass is 10.2. The summed E-state index contributed by atoms with van der Waals surface area (Å²) in [5.74, 6) is 0.110. The molecule has 0 fully saturated rings. The number of hydrogen-bond acceptors (Lipinski definition) is 6. The minimum Gasteiger partial charge on any atom is -0.408 e. The number of anilines is 1. The lowest BCUT2D eigenvalue weighted by Crippen LogP contribution is -2.17. The maximum absolute atomic E-state index is 12.3. The fraction of sp³-hybridized carbons (Fsp3) is 0.211. The molecular formula is C19H18N6O3. The number of carbonyl (C=O) groups is 1. The number of amides is 1. The summed E-state index contributed by atoms with van der Waals surface area (Å²) in [6.45, 7) is 2.21. The maximum atomic E-state index is 12.3. The van der Waals surface area contributed by atoms with Gasteiger partial charge in [-0.1, -0.05) is 18.2 Å². The van der Waals surface area contributed by atoms with E-state index in [4.69, 9.17) is 4.42 Å². The van der Waals surface area contributed by atoms with Crippen LogP contribution < -0.4 is 11.1 Å². The van der Waals surface area contributed by atoms with Crippen molar-refractivity contribution in [1.29, 1.82) is 0 Å². The number of nitrogens with one attached hydrogen (secondary N) is 1. The van der Waals surface area contributed by atoms with Gasteiger partial charge in [-0.05, 0) is 54.1 Å². The maximum Gasteiger partial charge on any atom is 0.419 e. The van der Waals surface area contributed by atoms with Crippen molar-refractivity contribution in [2.45, 2.75) is 26.3 Å². The summed E-state index contributed by atoms with van der Waals surface area (Å²) in [6, 6.07) is 14.5. The number of aromatic nitrogens is 5. The molecule has 2 aromatic heterocycles. The molecule has 4 aromatic rings. The minimum atomic E-state index is -0.411. The number of para-hydroxylation sites is 2. The van der Waals surface area contributed by atoms with Crippen molar-refractivity contribution in [3.63, 3.8) is 0 Å². The number of carbonyl (C=O) groups excluding carboxylic acids is 1. The van der Waals surface area contributed by atoms with Gasteiger partial charge in [0.2, 0.25) is 5.91 Å². The van der Waals surface area contributed by atoms with Gasteiger partial charge in [0, 0.05) is 18.7 Å². The van der Waals surface area contributed by atoms with Crippen LogP contribution >= 0.6 is 0 Å². The Balaban J connectivity index is 1.38. The number of benzene rings is 2. The SMILES string of the molecule is Cc1nnnn1-c1cccc(NC(=O)CCCn2c(=O)oc3ccccc32)c1. The highest BCUT2D eigenvalue weighted by molar-refractivity contribution is 5.90. The second kappa shape index (κ2) is 7.47. The van der Waals surface area contributed by atoms with E-state index in [2.05, 4.69) is 20.8 Å². The van der Waals surface area contributed by atoms with Crippen molar-refractivity contribution in [1.82, 2.24) is 24.8 Å². The van der Waals surface area contributed by atoms with Crippen LogP contribution in [0.1, 0.15) is 18.7 Å². The molecule has 142 valence electrons. The molecule has 0 aliphatic rings. The zero-order valence-electron chi connectivity index (χ0n) is 15.2. The molecule has 0 saturated heterocycles. The molecule has 1 N–H and O–H groups in total. The predicted molar refractivity (Wildman–Crippen MR) is 102 cm³/mol. The third-order valence-electron chi connectivity index (χ3n) is 4.36. The highest BCUT2D eigenvalue weighted by atomic mass is 16.4. The Morgan fingerprint density at radius 2 is 2.04 bits per heavy atom. The van der Waals surface area contributed by atoms with Crippen LogP contribution in [0.15, 0.2) is 57.7 Å². The topological polar surface area (TPSA) is 108 Å². The highest BCUT2D eigenvalue weighted by Crippen LogP contribution is 2.16. The van der Waals surface area contributed by atoms with E-state index in [-0.39, 0.29) is 12.3 Å². The Labute approximate surface area is 159 Å². The Morgan fingerprint density at radius 1 is 1.18 bits per heavy atom. The Hall–Kier alpha value is -3.75. The Morgan fingerprint density at radius 3 is 2.86 bits per heavy atom. The minimum absolute atomic E-state index is 0.133. The molecule has 0 unspecified atom stereocenters. The quantitative estimate of drug-likeness (QED) is 0.551. The van der Waals surface area contributed by atoms with Crippen molar-refractivity contribution >= 4 is 22.7 Å². The van der Waals surface area contributed by atoms with E-state index in [0.29, 0.717) is 30.1 Å². The van der Waals surface area contributed by atoms with E-state index < -0.39 is 5.76 Å². The normalized spacial score (nSPS) is 11.0. The van der Waals surface area contributed by atoms with Crippen molar-refractivity contribution in [3.05, 3.63) is 64.9 Å². The van der Waals surface area contributed by atoms with Crippen LogP contribution in [0.5, 0.6) is 0 Å². The van der Waals surface area contributed by atoms with Crippen LogP contribution in [-0.4, -0.2) is 30.7 Å². The van der Waals surface area contributed by atoms with Crippen molar-refractivity contribution in [3.8, 4) is 5.69 Å². The van der Waals surface area contributed by atoms with Crippen LogP contribution in [0.2, 0.25) is 0 Å². The molecule has 28 heavy (non-hydrogen) atoms. The summed E-state index contributed by atoms with van der Waals surface area (Å²) in [5, 5.41) is 14.3. The second-order valence-electron chi connectivity index (χ2n) is 6.33. The first-order chi connectivity index (χ1) is 13.6. The third-order valence-corrected chi connectivity index (χ3v) is 4.36. The number of nitrogens with zero attached hydrogens (tertiary/aromatic N) is 5. The fourth-order valence-electron chi connectivity index (χ4n) is 3.03. The number of tetrazole rings is 1. The van der Waals surface area contributed by atoms with Gasteiger partial charge in [-0.3, -0.25) is 9.36 Å². The monoisotopic (exact) mass is 378 g/mol. The lowest BCUT2D eigenvalue weighted by Gasteiger charge is -2.08. The molecule has 0 bridgehead atoms. The van der Waals surface area contributed by atoms with E-state index in [0.717, 1.165) is 11.2 Å². The lowest BCUT2D eigenvalue weighted by molar-refractivity contribution is -0.116. The van der Waals surface area contributed by atoms with Crippen LogP contribution in [0, 0.1) is 6.92 Å². The summed E-state index contributed by atoms with van der Waals surface area (Å²) in [5.41, 5.74) is 2.70. The van der Waals surface area contributed by atoms with Gasteiger partial charge in [0.1, 0.15) is 0 Å². The average Bonchev–Trinajstić information content (AvgIpc) is 3.25. The summed E-state index contributed by atoms with van der Waals surface area (Å²) >= 11 is 0. The van der Waals surface area contributed by atoms with E-state index in [1.54, 1.807) is 34.4 Å². The Kier molecular flexibility index (Phi) is 4.71. The molecule has 2 heterocycles. The first-order valence-electron chi connectivity index (χ1n) is 8.85. The van der Waals surface area contributed by atoms with Crippen molar-refractivity contribution in [2.24, 2.45) is 0 Å². The number of oxazole rings is 1. The summed E-state index contributed by atoms with van der Waals surface area (Å²) in [4.78, 5) is 24.2. The summed E-state index contributed by atoms with van der Waals surface area (Å²) in [6.07, 6.45) is 0.793. The molecule has 0 radical (unpaired) electrons. The highest BCUT2D eigenvalue weighted by Gasteiger charge is 2.10. The number of rotatable bonds is 6. The smallest absolute Gasteiger partial charge is 0.408 e. The molecular weight excluding hydrogens is 360 g/mol. The summed E-state index contributed by atoms with van der Waals surface area (Å²) in [7, 11) is 0. The predicted octanol–water partition coefficient (Wildman–Crippen LogP) is 2.30. The van der Waals surface area contributed by atoms with Crippen LogP contribution in [0.3, 0.4) is 0 Å². The first-order valence-corrected chi connectivity index (χ1v) is 8.85. The molecule has 0 atom stereocenters.